The predicted octanol–water partition coefficient (Wildman–Crippen LogP) is 5.59. The Bertz CT molecular complexity index is 1320. The van der Waals surface area contributed by atoms with Gasteiger partial charge in [0.25, 0.3) is 0 Å². The number of esters is 2. The maximum atomic E-state index is 13.0. The van der Waals surface area contributed by atoms with Gasteiger partial charge in [-0.05, 0) is 57.2 Å². The van der Waals surface area contributed by atoms with Crippen LogP contribution in [0.5, 0.6) is 17.2 Å². The Morgan fingerprint density at radius 1 is 0.850 bits per heavy atom. The van der Waals surface area contributed by atoms with E-state index in [0.717, 1.165) is 10.6 Å². The molecule has 10 nitrogen and oxygen atoms in total. The highest BCUT2D eigenvalue weighted by Gasteiger charge is 2.21. The number of hydrogen-bond acceptors (Lipinski definition) is 11. The van der Waals surface area contributed by atoms with E-state index in [1.165, 1.54) is 37.7 Å². The summed E-state index contributed by atoms with van der Waals surface area (Å²) in [6.07, 6.45) is 2.77. The molecule has 0 spiro atoms. The van der Waals surface area contributed by atoms with Gasteiger partial charge in [0, 0.05) is 42.4 Å². The molecular weight excluding hydrogens is 538 g/mol. The number of hydrogen-bond donors (Lipinski definition) is 0. The molecule has 0 amide bonds. The van der Waals surface area contributed by atoms with Gasteiger partial charge in [0.2, 0.25) is 0 Å². The average Bonchev–Trinajstić information content (AvgIpc) is 3.45. The second-order valence-electron chi connectivity index (χ2n) is 7.98. The van der Waals surface area contributed by atoms with Crippen molar-refractivity contribution in [2.24, 2.45) is 0 Å². The highest BCUT2D eigenvalue weighted by atomic mass is 32.1. The molecule has 0 bridgehead atoms. The second kappa shape index (κ2) is 15.6. The van der Waals surface area contributed by atoms with E-state index in [0.29, 0.717) is 41.5 Å². The number of thiazole rings is 1. The van der Waals surface area contributed by atoms with E-state index in [4.69, 9.17) is 38.1 Å². The molecule has 0 N–H and O–H groups in total. The molecule has 0 unspecified atom stereocenters. The Morgan fingerprint density at radius 2 is 1.60 bits per heavy atom. The lowest BCUT2D eigenvalue weighted by atomic mass is 10.0. The van der Waals surface area contributed by atoms with Crippen molar-refractivity contribution >= 4 is 29.4 Å². The zero-order valence-corrected chi connectivity index (χ0v) is 24.0. The van der Waals surface area contributed by atoms with Crippen LogP contribution < -0.4 is 14.2 Å². The summed E-state index contributed by atoms with van der Waals surface area (Å²) in [5.74, 6) is 0.256. The van der Waals surface area contributed by atoms with Crippen LogP contribution in [0.4, 0.5) is 0 Å². The van der Waals surface area contributed by atoms with Crippen LogP contribution in [0, 0.1) is 0 Å². The van der Waals surface area contributed by atoms with E-state index >= 15 is 0 Å². The molecule has 40 heavy (non-hydrogen) atoms. The van der Waals surface area contributed by atoms with E-state index in [9.17, 15) is 9.59 Å². The van der Waals surface area contributed by atoms with Crippen LogP contribution in [0.1, 0.15) is 36.7 Å². The summed E-state index contributed by atoms with van der Waals surface area (Å²) in [5, 5.41) is 2.62. The van der Waals surface area contributed by atoms with E-state index in [-0.39, 0.29) is 31.5 Å². The molecular formula is C29H33NO9S. The average molecular weight is 572 g/mol. The Kier molecular flexibility index (Phi) is 11.9. The van der Waals surface area contributed by atoms with Gasteiger partial charge >= 0.3 is 11.9 Å². The topological polar surface area (TPSA) is 112 Å². The highest BCUT2D eigenvalue weighted by molar-refractivity contribution is 7.13. The van der Waals surface area contributed by atoms with Gasteiger partial charge in [0.1, 0.15) is 16.3 Å². The molecule has 0 atom stereocenters. The van der Waals surface area contributed by atoms with Crippen molar-refractivity contribution < 1.29 is 42.7 Å². The molecule has 0 saturated heterocycles. The molecule has 11 heteroatoms. The Hall–Kier alpha value is -3.93. The fourth-order valence-electron chi connectivity index (χ4n) is 3.61. The molecule has 1 heterocycles. The molecule has 0 aliphatic rings. The molecule has 3 aromatic rings. The largest absolute Gasteiger partial charge is 0.490 e. The minimum atomic E-state index is -0.677. The summed E-state index contributed by atoms with van der Waals surface area (Å²) in [6, 6.07) is 9.04. The van der Waals surface area contributed by atoms with Gasteiger partial charge in [-0.25, -0.2) is 14.6 Å². The van der Waals surface area contributed by atoms with Crippen LogP contribution in [0.3, 0.4) is 0 Å². The Morgan fingerprint density at radius 3 is 2.30 bits per heavy atom. The minimum absolute atomic E-state index is 0.115. The Labute approximate surface area is 237 Å². The van der Waals surface area contributed by atoms with Crippen LogP contribution in [-0.2, 0) is 23.7 Å². The van der Waals surface area contributed by atoms with Crippen molar-refractivity contribution in [2.75, 3.05) is 47.6 Å². The predicted molar refractivity (Wildman–Crippen MR) is 151 cm³/mol. The van der Waals surface area contributed by atoms with E-state index in [1.54, 1.807) is 19.1 Å². The van der Waals surface area contributed by atoms with E-state index in [2.05, 4.69) is 0 Å². The molecule has 1 aromatic heterocycles. The number of rotatable bonds is 15. The third-order valence-corrected chi connectivity index (χ3v) is 6.13. The van der Waals surface area contributed by atoms with E-state index in [1.807, 2.05) is 37.4 Å². The maximum Gasteiger partial charge on any atom is 0.344 e. The highest BCUT2D eigenvalue weighted by Crippen LogP contribution is 2.37. The normalized spacial score (nSPS) is 10.9. The Balaban J connectivity index is 2.09. The monoisotopic (exact) mass is 571 g/mol. The van der Waals surface area contributed by atoms with Gasteiger partial charge in [0.05, 0.1) is 25.5 Å². The van der Waals surface area contributed by atoms with Crippen LogP contribution in [0.2, 0.25) is 0 Å². The van der Waals surface area contributed by atoms with Crippen molar-refractivity contribution in [1.82, 2.24) is 4.98 Å². The SMILES string of the molecule is CCOC(=O)C=Cc1cc(-c2csc(-c3ccc(OCC)c(OCC)c3)n2)cc(C(=O)OCOC)c1OCOC. The second-order valence-corrected chi connectivity index (χ2v) is 8.84. The number of carbonyl (C=O) groups is 2. The van der Waals surface area contributed by atoms with Gasteiger partial charge < -0.3 is 33.2 Å². The number of methoxy groups -OCH3 is 2. The molecule has 0 radical (unpaired) electrons. The standard InChI is InChI=1S/C29H33NO9S/c1-6-35-24-11-9-20(15-25(24)36-7-2)28-30-23(16-40-28)21-13-19(10-12-26(31)37-8-3)27(38-17-33-4)22(14-21)29(32)39-18-34-5/h9-16H,6-8,17-18H2,1-5H3. The van der Waals surface area contributed by atoms with Crippen molar-refractivity contribution in [2.45, 2.75) is 20.8 Å². The molecule has 214 valence electrons. The zero-order valence-electron chi connectivity index (χ0n) is 23.2. The van der Waals surface area contributed by atoms with Crippen LogP contribution >= 0.6 is 11.3 Å². The van der Waals surface area contributed by atoms with Crippen LogP contribution in [-0.4, -0.2) is 64.5 Å². The van der Waals surface area contributed by atoms with Crippen molar-refractivity contribution in [1.29, 1.82) is 0 Å². The number of nitrogens with zero attached hydrogens (tertiary/aromatic N) is 1. The van der Waals surface area contributed by atoms with Crippen molar-refractivity contribution in [3.63, 3.8) is 0 Å². The van der Waals surface area contributed by atoms with Crippen molar-refractivity contribution in [3.8, 4) is 39.1 Å². The quantitative estimate of drug-likeness (QED) is 0.130. The minimum Gasteiger partial charge on any atom is -0.490 e. The first-order valence-corrected chi connectivity index (χ1v) is 13.5. The first kappa shape index (κ1) is 30.6. The van der Waals surface area contributed by atoms with Gasteiger partial charge in [-0.3, -0.25) is 0 Å². The van der Waals surface area contributed by atoms with Gasteiger partial charge in [-0.1, -0.05) is 0 Å². The van der Waals surface area contributed by atoms with Crippen LogP contribution in [0.25, 0.3) is 27.9 Å². The summed E-state index contributed by atoms with van der Waals surface area (Å²) < 4.78 is 37.3. The summed E-state index contributed by atoms with van der Waals surface area (Å²) in [5.41, 5.74) is 2.61. The summed E-state index contributed by atoms with van der Waals surface area (Å²) in [6.45, 7) is 6.40. The van der Waals surface area contributed by atoms with Crippen molar-refractivity contribution in [3.05, 3.63) is 52.9 Å². The summed E-state index contributed by atoms with van der Waals surface area (Å²) >= 11 is 1.43. The smallest absolute Gasteiger partial charge is 0.344 e. The van der Waals surface area contributed by atoms with Crippen LogP contribution in [0.15, 0.2) is 41.8 Å². The summed E-state index contributed by atoms with van der Waals surface area (Å²) in [7, 11) is 2.87. The first-order chi connectivity index (χ1) is 19.4. The lowest BCUT2D eigenvalue weighted by molar-refractivity contribution is -0.137. The fourth-order valence-corrected chi connectivity index (χ4v) is 4.44. The van der Waals surface area contributed by atoms with Gasteiger partial charge in [0.15, 0.2) is 25.1 Å². The maximum absolute atomic E-state index is 13.0. The number of ether oxygens (including phenoxy) is 7. The fraction of sp³-hybridized carbons (Fsp3) is 0.345. The van der Waals surface area contributed by atoms with E-state index < -0.39 is 11.9 Å². The molecule has 0 aliphatic heterocycles. The number of aromatic nitrogens is 1. The number of benzene rings is 2. The molecule has 0 fully saturated rings. The number of carbonyl (C=O) groups excluding carboxylic acids is 2. The zero-order chi connectivity index (χ0) is 28.9. The first-order valence-electron chi connectivity index (χ1n) is 12.6. The molecule has 2 aromatic carbocycles. The lowest BCUT2D eigenvalue weighted by Crippen LogP contribution is -2.12. The van der Waals surface area contributed by atoms with Gasteiger partial charge in [-0.15, -0.1) is 11.3 Å². The summed E-state index contributed by atoms with van der Waals surface area (Å²) in [4.78, 5) is 29.8. The van der Waals surface area contributed by atoms with Gasteiger partial charge in [-0.2, -0.15) is 0 Å². The molecule has 0 aliphatic carbocycles. The third-order valence-electron chi connectivity index (χ3n) is 5.24. The molecule has 3 rings (SSSR count). The third kappa shape index (κ3) is 8.04. The lowest BCUT2D eigenvalue weighted by Gasteiger charge is -2.15. The molecule has 0 saturated carbocycles.